The maximum absolute atomic E-state index is 10.7. The highest BCUT2D eigenvalue weighted by Gasteiger charge is 2.27. The quantitative estimate of drug-likeness (QED) is 0.829. The zero-order valence-corrected chi connectivity index (χ0v) is 9.18. The minimum absolute atomic E-state index is 0.434. The van der Waals surface area contributed by atoms with Gasteiger partial charge in [-0.25, -0.2) is 4.79 Å². The number of fused-ring (bicyclic) bond motifs is 1. The van der Waals surface area contributed by atoms with Gasteiger partial charge in [0.2, 0.25) is 0 Å². The van der Waals surface area contributed by atoms with Crippen LogP contribution in [0, 0.1) is 0 Å². The molecule has 1 atom stereocenters. The number of hydrogen-bond acceptors (Lipinski definition) is 2. The summed E-state index contributed by atoms with van der Waals surface area (Å²) in [6.45, 7) is 0. The van der Waals surface area contributed by atoms with Gasteiger partial charge in [0, 0.05) is 15.6 Å². The lowest BCUT2D eigenvalue weighted by atomic mass is 10.0. The third-order valence-electron chi connectivity index (χ3n) is 2.32. The number of carboxylic acids is 1. The Morgan fingerprint density at radius 1 is 1.47 bits per heavy atom. The highest BCUT2D eigenvalue weighted by atomic mass is 35.5. The van der Waals surface area contributed by atoms with Crippen LogP contribution in [0.5, 0.6) is 5.75 Å². The molecule has 1 aliphatic heterocycles. The van der Waals surface area contributed by atoms with Gasteiger partial charge in [-0.15, -0.1) is 0 Å². The molecule has 0 aromatic heterocycles. The van der Waals surface area contributed by atoms with E-state index in [-0.39, 0.29) is 0 Å². The second-order valence-corrected chi connectivity index (χ2v) is 4.19. The summed E-state index contributed by atoms with van der Waals surface area (Å²) in [5.74, 6) is -0.483. The van der Waals surface area contributed by atoms with Crippen molar-refractivity contribution in [2.75, 3.05) is 0 Å². The first kappa shape index (κ1) is 10.6. The van der Waals surface area contributed by atoms with Crippen LogP contribution in [0.1, 0.15) is 12.0 Å². The van der Waals surface area contributed by atoms with Crippen LogP contribution in [0.3, 0.4) is 0 Å². The normalized spacial score (nSPS) is 19.2. The molecule has 1 heterocycles. The molecule has 0 saturated heterocycles. The summed E-state index contributed by atoms with van der Waals surface area (Å²) in [7, 11) is 0. The molecule has 80 valence electrons. The van der Waals surface area contributed by atoms with Crippen LogP contribution >= 0.6 is 23.2 Å². The summed E-state index contributed by atoms with van der Waals surface area (Å²) in [6, 6.07) is 3.23. The van der Waals surface area contributed by atoms with Crippen molar-refractivity contribution in [3.8, 4) is 5.75 Å². The van der Waals surface area contributed by atoms with Crippen molar-refractivity contribution in [1.82, 2.24) is 0 Å². The molecule has 0 aliphatic carbocycles. The molecule has 1 aromatic carbocycles. The topological polar surface area (TPSA) is 46.5 Å². The van der Waals surface area contributed by atoms with Gasteiger partial charge in [0.1, 0.15) is 5.75 Å². The standard InChI is InChI=1S/C10H8Cl2O3/c11-5-3-7(12)6-1-2-8(10(13)14)15-9(6)4-5/h3-4,8H,1-2H2,(H,13,14). The molecule has 2 rings (SSSR count). The smallest absolute Gasteiger partial charge is 0.344 e. The SMILES string of the molecule is O=C(O)C1CCc2c(Cl)cc(Cl)cc2O1. The first-order valence-electron chi connectivity index (χ1n) is 4.45. The first-order valence-corrected chi connectivity index (χ1v) is 5.21. The number of rotatable bonds is 1. The predicted molar refractivity (Wildman–Crippen MR) is 56.8 cm³/mol. The van der Waals surface area contributed by atoms with Crippen molar-refractivity contribution in [2.24, 2.45) is 0 Å². The van der Waals surface area contributed by atoms with Crippen LogP contribution in [-0.4, -0.2) is 17.2 Å². The zero-order chi connectivity index (χ0) is 11.0. The number of hydrogen-bond donors (Lipinski definition) is 1. The largest absolute Gasteiger partial charge is 0.479 e. The van der Waals surface area contributed by atoms with Gasteiger partial charge in [-0.3, -0.25) is 0 Å². The van der Waals surface area contributed by atoms with Crippen molar-refractivity contribution in [3.05, 3.63) is 27.7 Å². The zero-order valence-electron chi connectivity index (χ0n) is 7.67. The van der Waals surface area contributed by atoms with Gasteiger partial charge in [-0.1, -0.05) is 23.2 Å². The summed E-state index contributed by atoms with van der Waals surface area (Å²) in [5.41, 5.74) is 0.832. The van der Waals surface area contributed by atoms with Crippen molar-refractivity contribution in [2.45, 2.75) is 18.9 Å². The minimum Gasteiger partial charge on any atom is -0.479 e. The average Bonchev–Trinajstić information content (AvgIpc) is 2.16. The molecule has 0 fully saturated rings. The number of benzene rings is 1. The molecule has 0 radical (unpaired) electrons. The Bertz CT molecular complexity index is 417. The van der Waals surface area contributed by atoms with Crippen molar-refractivity contribution in [3.63, 3.8) is 0 Å². The summed E-state index contributed by atoms with van der Waals surface area (Å²) < 4.78 is 5.29. The summed E-state index contributed by atoms with van der Waals surface area (Å²) in [5, 5.41) is 9.79. The minimum atomic E-state index is -0.961. The third-order valence-corrected chi connectivity index (χ3v) is 2.88. The molecule has 0 spiro atoms. The van der Waals surface area contributed by atoms with Crippen LogP contribution < -0.4 is 4.74 Å². The van der Waals surface area contributed by atoms with Gasteiger partial charge in [0.25, 0.3) is 0 Å². The third kappa shape index (κ3) is 2.03. The molecular formula is C10H8Cl2O3. The fraction of sp³-hybridized carbons (Fsp3) is 0.300. The number of aliphatic carboxylic acids is 1. The molecule has 0 saturated carbocycles. The first-order chi connectivity index (χ1) is 7.08. The van der Waals surface area contributed by atoms with Gasteiger partial charge in [-0.05, 0) is 25.0 Å². The maximum atomic E-state index is 10.7. The molecule has 1 aromatic rings. The molecule has 1 aliphatic rings. The Labute approximate surface area is 96.6 Å². The van der Waals surface area contributed by atoms with Crippen molar-refractivity contribution in [1.29, 1.82) is 0 Å². The lowest BCUT2D eigenvalue weighted by Crippen LogP contribution is -2.30. The van der Waals surface area contributed by atoms with Crippen molar-refractivity contribution >= 4 is 29.2 Å². The fourth-order valence-electron chi connectivity index (χ4n) is 1.59. The van der Waals surface area contributed by atoms with E-state index < -0.39 is 12.1 Å². The lowest BCUT2D eigenvalue weighted by molar-refractivity contribution is -0.145. The predicted octanol–water partition coefficient (Wildman–Crippen LogP) is 2.77. The van der Waals surface area contributed by atoms with Crippen molar-refractivity contribution < 1.29 is 14.6 Å². The van der Waals surface area contributed by atoms with E-state index in [1.165, 1.54) is 0 Å². The van der Waals surface area contributed by atoms with E-state index in [0.29, 0.717) is 28.6 Å². The molecule has 0 bridgehead atoms. The summed E-state index contributed by atoms with van der Waals surface area (Å²) in [6.07, 6.45) is 0.235. The van der Waals surface area contributed by atoms with Crippen LogP contribution in [-0.2, 0) is 11.2 Å². The van der Waals surface area contributed by atoms with E-state index in [1.54, 1.807) is 12.1 Å². The Kier molecular flexibility index (Phi) is 2.76. The van der Waals surface area contributed by atoms with E-state index in [0.717, 1.165) is 5.56 Å². The van der Waals surface area contributed by atoms with Gasteiger partial charge >= 0.3 is 5.97 Å². The molecule has 5 heteroatoms. The summed E-state index contributed by atoms with van der Waals surface area (Å²) >= 11 is 11.8. The Hall–Kier alpha value is -0.930. The van der Waals surface area contributed by atoms with E-state index >= 15 is 0 Å². The van der Waals surface area contributed by atoms with Crippen LogP contribution in [0.4, 0.5) is 0 Å². The van der Waals surface area contributed by atoms with Crippen LogP contribution in [0.2, 0.25) is 10.0 Å². The highest BCUT2D eigenvalue weighted by molar-refractivity contribution is 6.35. The van der Waals surface area contributed by atoms with E-state index in [4.69, 9.17) is 33.0 Å². The average molecular weight is 247 g/mol. The number of halogens is 2. The van der Waals surface area contributed by atoms with E-state index in [2.05, 4.69) is 0 Å². The number of carbonyl (C=O) groups is 1. The van der Waals surface area contributed by atoms with E-state index in [1.807, 2.05) is 0 Å². The molecule has 0 amide bonds. The Balaban J connectivity index is 2.37. The van der Waals surface area contributed by atoms with Gasteiger partial charge in [0.15, 0.2) is 6.10 Å². The number of ether oxygens (including phenoxy) is 1. The maximum Gasteiger partial charge on any atom is 0.344 e. The fourth-order valence-corrected chi connectivity index (χ4v) is 2.16. The lowest BCUT2D eigenvalue weighted by Gasteiger charge is -2.23. The monoisotopic (exact) mass is 246 g/mol. The summed E-state index contributed by atoms with van der Waals surface area (Å²) in [4.78, 5) is 10.7. The highest BCUT2D eigenvalue weighted by Crippen LogP contribution is 2.35. The molecule has 1 unspecified atom stereocenters. The van der Waals surface area contributed by atoms with Gasteiger partial charge < -0.3 is 9.84 Å². The van der Waals surface area contributed by atoms with Gasteiger partial charge in [0.05, 0.1) is 0 Å². The van der Waals surface area contributed by atoms with Crippen LogP contribution in [0.15, 0.2) is 12.1 Å². The van der Waals surface area contributed by atoms with Gasteiger partial charge in [-0.2, -0.15) is 0 Å². The number of carboxylic acid groups (broad SMARTS) is 1. The van der Waals surface area contributed by atoms with E-state index in [9.17, 15) is 4.79 Å². The Morgan fingerprint density at radius 3 is 2.87 bits per heavy atom. The molecule has 15 heavy (non-hydrogen) atoms. The molecule has 1 N–H and O–H groups in total. The molecule has 3 nitrogen and oxygen atoms in total. The molecular weight excluding hydrogens is 239 g/mol. The second-order valence-electron chi connectivity index (χ2n) is 3.35. The van der Waals surface area contributed by atoms with Crippen LogP contribution in [0.25, 0.3) is 0 Å². The second kappa shape index (κ2) is 3.91. The Morgan fingerprint density at radius 2 is 2.20 bits per heavy atom.